The van der Waals surface area contributed by atoms with Crippen molar-refractivity contribution in [3.63, 3.8) is 0 Å². The first kappa shape index (κ1) is 16.7. The van der Waals surface area contributed by atoms with Crippen LogP contribution in [0.4, 0.5) is 5.00 Å². The molecule has 10 heteroatoms. The lowest BCUT2D eigenvalue weighted by Gasteiger charge is -2.19. The van der Waals surface area contributed by atoms with Crippen molar-refractivity contribution < 1.29 is 22.9 Å². The maximum Gasteiger partial charge on any atom is 0.360 e. The van der Waals surface area contributed by atoms with Gasteiger partial charge in [0.15, 0.2) is 5.69 Å². The minimum absolute atomic E-state index is 0.137. The van der Waals surface area contributed by atoms with E-state index in [1.165, 1.54) is 5.51 Å². The van der Waals surface area contributed by atoms with E-state index >= 15 is 0 Å². The average molecular weight is 363 g/mol. The first-order chi connectivity index (χ1) is 10.3. The Hall–Kier alpha value is -1.68. The molecule has 1 aromatic heterocycles. The van der Waals surface area contributed by atoms with E-state index < -0.39 is 22.0 Å². The van der Waals surface area contributed by atoms with E-state index in [4.69, 9.17) is 16.7 Å². The number of benzene rings is 1. The summed E-state index contributed by atoms with van der Waals surface area (Å²) in [7, 11) is -4.62. The molecule has 0 saturated heterocycles. The highest BCUT2D eigenvalue weighted by Gasteiger charge is 2.27. The normalized spacial score (nSPS) is 11.4. The van der Waals surface area contributed by atoms with Crippen molar-refractivity contribution in [1.29, 1.82) is 0 Å². The van der Waals surface area contributed by atoms with E-state index in [0.717, 1.165) is 16.9 Å². The molecule has 0 aliphatic carbocycles. The van der Waals surface area contributed by atoms with E-state index in [1.54, 1.807) is 24.3 Å². The topological polar surface area (TPSA) is 108 Å². The molecule has 0 radical (unpaired) electrons. The van der Waals surface area contributed by atoms with Gasteiger partial charge in [-0.2, -0.15) is 8.42 Å². The SMILES string of the molecule is O=C(O)c1ncsc1N(CCc1cccc(Cl)c1)S(=O)(=O)O. The van der Waals surface area contributed by atoms with Gasteiger partial charge in [-0.05, 0) is 24.1 Å². The number of carboxylic acid groups (broad SMARTS) is 1. The van der Waals surface area contributed by atoms with Crippen LogP contribution in [0, 0.1) is 0 Å². The Balaban J connectivity index is 2.28. The lowest BCUT2D eigenvalue weighted by atomic mass is 10.1. The maximum absolute atomic E-state index is 11.5. The minimum atomic E-state index is -4.62. The van der Waals surface area contributed by atoms with Gasteiger partial charge in [-0.3, -0.25) is 4.55 Å². The van der Waals surface area contributed by atoms with E-state index in [9.17, 15) is 17.8 Å². The van der Waals surface area contributed by atoms with Crippen molar-refractivity contribution in [2.75, 3.05) is 10.8 Å². The van der Waals surface area contributed by atoms with Gasteiger partial charge in [0.05, 0.1) is 5.51 Å². The van der Waals surface area contributed by atoms with Crippen LogP contribution in [0.1, 0.15) is 16.1 Å². The van der Waals surface area contributed by atoms with Crippen molar-refractivity contribution in [2.45, 2.75) is 6.42 Å². The van der Waals surface area contributed by atoms with Gasteiger partial charge in [0, 0.05) is 11.6 Å². The lowest BCUT2D eigenvalue weighted by Crippen LogP contribution is -2.32. The molecule has 0 bridgehead atoms. The second-order valence-corrected chi connectivity index (χ2v) is 6.85. The van der Waals surface area contributed by atoms with Gasteiger partial charge in [0.25, 0.3) is 0 Å². The number of thiazole rings is 1. The van der Waals surface area contributed by atoms with E-state index in [0.29, 0.717) is 9.33 Å². The van der Waals surface area contributed by atoms with Gasteiger partial charge < -0.3 is 5.11 Å². The molecule has 7 nitrogen and oxygen atoms in total. The van der Waals surface area contributed by atoms with Crippen LogP contribution < -0.4 is 4.31 Å². The van der Waals surface area contributed by atoms with Crippen molar-refractivity contribution in [1.82, 2.24) is 4.98 Å². The Morgan fingerprint density at radius 2 is 2.14 bits per heavy atom. The number of aromatic carboxylic acids is 1. The molecule has 0 amide bonds. The molecular weight excluding hydrogens is 352 g/mol. The molecule has 2 rings (SSSR count). The third kappa shape index (κ3) is 3.95. The van der Waals surface area contributed by atoms with Crippen LogP contribution in [0.25, 0.3) is 0 Å². The first-order valence-electron chi connectivity index (χ1n) is 5.95. The number of carbonyl (C=O) groups is 1. The van der Waals surface area contributed by atoms with Crippen LogP contribution in [0.15, 0.2) is 29.8 Å². The summed E-state index contributed by atoms with van der Waals surface area (Å²) in [6.45, 7) is -0.137. The van der Waals surface area contributed by atoms with Gasteiger partial charge in [-0.25, -0.2) is 14.1 Å². The molecule has 118 valence electrons. The van der Waals surface area contributed by atoms with Crippen LogP contribution in [-0.4, -0.2) is 35.6 Å². The molecule has 0 aliphatic rings. The number of aromatic nitrogens is 1. The Morgan fingerprint density at radius 1 is 1.41 bits per heavy atom. The van der Waals surface area contributed by atoms with Crippen molar-refractivity contribution in [2.24, 2.45) is 0 Å². The zero-order valence-electron chi connectivity index (χ0n) is 11.0. The Kier molecular flexibility index (Phi) is 5.01. The smallest absolute Gasteiger partial charge is 0.360 e. The van der Waals surface area contributed by atoms with Gasteiger partial charge in [-0.1, -0.05) is 23.7 Å². The number of carboxylic acids is 1. The molecule has 0 saturated carbocycles. The second kappa shape index (κ2) is 6.61. The summed E-state index contributed by atoms with van der Waals surface area (Å²) in [6, 6.07) is 6.80. The summed E-state index contributed by atoms with van der Waals surface area (Å²) in [5.74, 6) is -1.37. The average Bonchev–Trinajstić information content (AvgIpc) is 2.86. The monoisotopic (exact) mass is 362 g/mol. The lowest BCUT2D eigenvalue weighted by molar-refractivity contribution is 0.0692. The fraction of sp³-hybridized carbons (Fsp3) is 0.167. The Morgan fingerprint density at radius 3 is 2.73 bits per heavy atom. The summed E-state index contributed by atoms with van der Waals surface area (Å²) >= 11 is 6.67. The van der Waals surface area contributed by atoms with Crippen molar-refractivity contribution in [3.05, 3.63) is 46.1 Å². The van der Waals surface area contributed by atoms with Crippen LogP contribution in [0.2, 0.25) is 5.02 Å². The Bertz CT molecular complexity index is 790. The van der Waals surface area contributed by atoms with Crippen molar-refractivity contribution in [3.8, 4) is 0 Å². The zero-order valence-corrected chi connectivity index (χ0v) is 13.4. The van der Waals surface area contributed by atoms with Gasteiger partial charge in [0.2, 0.25) is 0 Å². The summed E-state index contributed by atoms with van der Waals surface area (Å²) < 4.78 is 33.0. The Labute approximate surface area is 135 Å². The molecule has 1 heterocycles. The molecule has 0 atom stereocenters. The number of halogens is 1. The standard InChI is InChI=1S/C12H11ClN2O5S2/c13-9-3-1-2-8(6-9)4-5-15(22(18,19)20)11-10(12(16)17)14-7-21-11/h1-3,6-7H,4-5H2,(H,16,17)(H,18,19,20). The molecular formula is C12H11ClN2O5S2. The van der Waals surface area contributed by atoms with Crippen LogP contribution in [0.3, 0.4) is 0 Å². The molecule has 22 heavy (non-hydrogen) atoms. The second-order valence-electron chi connectivity index (χ2n) is 4.24. The fourth-order valence-electron chi connectivity index (χ4n) is 1.81. The van der Waals surface area contributed by atoms with E-state index in [-0.39, 0.29) is 18.0 Å². The van der Waals surface area contributed by atoms with E-state index in [1.807, 2.05) is 0 Å². The first-order valence-corrected chi connectivity index (χ1v) is 8.61. The maximum atomic E-state index is 11.5. The number of nitrogens with zero attached hydrogens (tertiary/aromatic N) is 2. The largest absolute Gasteiger partial charge is 0.476 e. The molecule has 2 aromatic rings. The molecule has 2 N–H and O–H groups in total. The third-order valence-corrected chi connectivity index (χ3v) is 4.87. The van der Waals surface area contributed by atoms with Gasteiger partial charge in [-0.15, -0.1) is 11.3 Å². The number of hydrogen-bond donors (Lipinski definition) is 2. The molecule has 1 aromatic carbocycles. The number of anilines is 1. The van der Waals surface area contributed by atoms with Crippen LogP contribution in [-0.2, 0) is 16.7 Å². The highest BCUT2D eigenvalue weighted by molar-refractivity contribution is 7.87. The third-order valence-electron chi connectivity index (χ3n) is 2.75. The zero-order chi connectivity index (χ0) is 16.3. The fourth-order valence-corrected chi connectivity index (χ4v) is 3.77. The summed E-state index contributed by atoms with van der Waals surface area (Å²) in [4.78, 5) is 14.7. The molecule has 0 spiro atoms. The summed E-state index contributed by atoms with van der Waals surface area (Å²) in [5.41, 5.74) is 1.53. The minimum Gasteiger partial charge on any atom is -0.476 e. The predicted octanol–water partition coefficient (Wildman–Crippen LogP) is 2.35. The van der Waals surface area contributed by atoms with Gasteiger partial charge >= 0.3 is 16.3 Å². The summed E-state index contributed by atoms with van der Waals surface area (Å²) in [5, 5.41) is 9.37. The van der Waals surface area contributed by atoms with Gasteiger partial charge in [0.1, 0.15) is 5.00 Å². The highest BCUT2D eigenvalue weighted by Crippen LogP contribution is 2.27. The van der Waals surface area contributed by atoms with Crippen LogP contribution in [0.5, 0.6) is 0 Å². The summed E-state index contributed by atoms with van der Waals surface area (Å²) in [6.07, 6.45) is 0.247. The van der Waals surface area contributed by atoms with Crippen molar-refractivity contribution >= 4 is 44.2 Å². The quantitative estimate of drug-likeness (QED) is 0.763. The molecule has 0 unspecified atom stereocenters. The van der Waals surface area contributed by atoms with E-state index in [2.05, 4.69) is 4.98 Å². The molecule has 0 aliphatic heterocycles. The predicted molar refractivity (Wildman–Crippen MR) is 83.1 cm³/mol. The number of rotatable bonds is 6. The highest BCUT2D eigenvalue weighted by atomic mass is 35.5. The molecule has 0 fully saturated rings. The van der Waals surface area contributed by atoms with Crippen LogP contribution >= 0.6 is 22.9 Å². The number of hydrogen-bond acceptors (Lipinski definition) is 5.